The summed E-state index contributed by atoms with van der Waals surface area (Å²) >= 11 is 0. The summed E-state index contributed by atoms with van der Waals surface area (Å²) in [6, 6.07) is 2.42. The second kappa shape index (κ2) is 6.71. The summed E-state index contributed by atoms with van der Waals surface area (Å²) in [5.41, 5.74) is 0.0515. The molecule has 0 unspecified atom stereocenters. The van der Waals surface area contributed by atoms with E-state index in [1.165, 1.54) is 0 Å². The molecule has 0 aliphatic heterocycles. The minimum Gasteiger partial charge on any atom is -0.402 e. The van der Waals surface area contributed by atoms with Crippen molar-refractivity contribution in [3.63, 3.8) is 0 Å². The zero-order chi connectivity index (χ0) is 17.0. The predicted octanol–water partition coefficient (Wildman–Crippen LogP) is 4.48. The molecular formula is C13H10F6O3. The van der Waals surface area contributed by atoms with Crippen LogP contribution in [-0.2, 0) is 4.79 Å². The monoisotopic (exact) mass is 328 g/mol. The second-order valence-electron chi connectivity index (χ2n) is 3.95. The Kier molecular flexibility index (Phi) is 5.45. The zero-order valence-corrected chi connectivity index (χ0v) is 11.1. The molecule has 0 amide bonds. The summed E-state index contributed by atoms with van der Waals surface area (Å²) in [6.07, 6.45) is -7.92. The Labute approximate surface area is 121 Å². The van der Waals surface area contributed by atoms with Gasteiger partial charge < -0.3 is 9.47 Å². The number of hydrogen-bond acceptors (Lipinski definition) is 3. The number of halogens is 6. The van der Waals surface area contributed by atoms with Gasteiger partial charge in [-0.25, -0.2) is 0 Å². The van der Waals surface area contributed by atoms with E-state index in [9.17, 15) is 31.1 Å². The van der Waals surface area contributed by atoms with Gasteiger partial charge in [0, 0.05) is 6.42 Å². The number of alkyl halides is 6. The average molecular weight is 328 g/mol. The van der Waals surface area contributed by atoms with Crippen LogP contribution in [0.25, 0.3) is 6.08 Å². The van der Waals surface area contributed by atoms with E-state index in [4.69, 9.17) is 0 Å². The molecular weight excluding hydrogens is 318 g/mol. The van der Waals surface area contributed by atoms with Crippen LogP contribution < -0.4 is 9.47 Å². The molecule has 0 saturated heterocycles. The van der Waals surface area contributed by atoms with Gasteiger partial charge in [0.25, 0.3) is 0 Å². The van der Waals surface area contributed by atoms with Crippen LogP contribution in [0, 0.1) is 0 Å². The standard InChI is InChI=1S/C13H10F6O3/c1-2-9(20)5-3-8-4-6-10(21-12(14,15)16)11(7-8)22-13(17,18)19/h3-7H,2H2,1H3/b5-3+. The maximum absolute atomic E-state index is 12.2. The van der Waals surface area contributed by atoms with Gasteiger partial charge in [-0.3, -0.25) is 4.79 Å². The number of ether oxygens (including phenoxy) is 2. The Morgan fingerprint density at radius 3 is 2.09 bits per heavy atom. The third-order valence-electron chi connectivity index (χ3n) is 2.23. The summed E-state index contributed by atoms with van der Waals surface area (Å²) in [4.78, 5) is 11.1. The summed E-state index contributed by atoms with van der Waals surface area (Å²) in [5.74, 6) is -2.59. The number of carbonyl (C=O) groups is 1. The van der Waals surface area contributed by atoms with Crippen LogP contribution in [0.2, 0.25) is 0 Å². The SMILES string of the molecule is CCC(=O)/C=C/c1ccc(OC(F)(F)F)c(OC(F)(F)F)c1. The molecule has 0 aliphatic carbocycles. The highest BCUT2D eigenvalue weighted by Crippen LogP contribution is 2.36. The Bertz CT molecular complexity index is 560. The zero-order valence-electron chi connectivity index (χ0n) is 11.1. The highest BCUT2D eigenvalue weighted by atomic mass is 19.4. The van der Waals surface area contributed by atoms with E-state index in [2.05, 4.69) is 9.47 Å². The van der Waals surface area contributed by atoms with Gasteiger partial charge in [-0.15, -0.1) is 26.3 Å². The van der Waals surface area contributed by atoms with Crippen molar-refractivity contribution in [1.82, 2.24) is 0 Å². The molecule has 9 heteroatoms. The molecule has 0 atom stereocenters. The quantitative estimate of drug-likeness (QED) is 0.591. The van der Waals surface area contributed by atoms with E-state index in [-0.39, 0.29) is 17.8 Å². The highest BCUT2D eigenvalue weighted by Gasteiger charge is 2.36. The lowest BCUT2D eigenvalue weighted by molar-refractivity contribution is -0.287. The van der Waals surface area contributed by atoms with Crippen molar-refractivity contribution in [2.75, 3.05) is 0 Å². The van der Waals surface area contributed by atoms with E-state index in [1.54, 1.807) is 6.92 Å². The normalized spacial score (nSPS) is 12.5. The van der Waals surface area contributed by atoms with Gasteiger partial charge in [-0.2, -0.15) is 0 Å². The number of hydrogen-bond donors (Lipinski definition) is 0. The molecule has 1 aromatic carbocycles. The van der Waals surface area contributed by atoms with Crippen molar-refractivity contribution >= 4 is 11.9 Å². The molecule has 0 N–H and O–H groups in total. The lowest BCUT2D eigenvalue weighted by Crippen LogP contribution is -2.21. The second-order valence-corrected chi connectivity index (χ2v) is 3.95. The van der Waals surface area contributed by atoms with Crippen molar-refractivity contribution < 1.29 is 40.6 Å². The van der Waals surface area contributed by atoms with Crippen LogP contribution in [0.3, 0.4) is 0 Å². The van der Waals surface area contributed by atoms with Crippen molar-refractivity contribution in [2.24, 2.45) is 0 Å². The Hall–Kier alpha value is -2.19. The first-order valence-corrected chi connectivity index (χ1v) is 5.86. The van der Waals surface area contributed by atoms with Gasteiger partial charge in [0.15, 0.2) is 17.3 Å². The van der Waals surface area contributed by atoms with E-state index < -0.39 is 24.2 Å². The van der Waals surface area contributed by atoms with Crippen molar-refractivity contribution in [3.8, 4) is 11.5 Å². The first-order chi connectivity index (χ1) is 10.00. The fourth-order valence-corrected chi connectivity index (χ4v) is 1.35. The van der Waals surface area contributed by atoms with Gasteiger partial charge in [-0.05, 0) is 23.8 Å². The number of benzene rings is 1. The number of rotatable bonds is 5. The number of ketones is 1. The predicted molar refractivity (Wildman–Crippen MR) is 64.1 cm³/mol. The molecule has 1 rings (SSSR count). The lowest BCUT2D eigenvalue weighted by atomic mass is 10.1. The first kappa shape index (κ1) is 17.9. The molecule has 1 aromatic rings. The summed E-state index contributed by atoms with van der Waals surface area (Å²) < 4.78 is 80.1. The van der Waals surface area contributed by atoms with Crippen molar-refractivity contribution in [1.29, 1.82) is 0 Å². The highest BCUT2D eigenvalue weighted by molar-refractivity contribution is 5.93. The van der Waals surface area contributed by atoms with Crippen LogP contribution >= 0.6 is 0 Å². The van der Waals surface area contributed by atoms with Crippen LogP contribution in [0.1, 0.15) is 18.9 Å². The topological polar surface area (TPSA) is 35.5 Å². The molecule has 122 valence electrons. The first-order valence-electron chi connectivity index (χ1n) is 5.86. The van der Waals surface area contributed by atoms with Crippen LogP contribution in [0.5, 0.6) is 11.5 Å². The maximum atomic E-state index is 12.2. The molecule has 0 saturated carbocycles. The maximum Gasteiger partial charge on any atom is 0.573 e. The van der Waals surface area contributed by atoms with E-state index >= 15 is 0 Å². The molecule has 0 bridgehead atoms. The fraction of sp³-hybridized carbons (Fsp3) is 0.308. The molecule has 0 heterocycles. The minimum absolute atomic E-state index is 0.0515. The minimum atomic E-state index is -5.19. The van der Waals surface area contributed by atoms with Gasteiger partial charge in [0.1, 0.15) is 0 Å². The van der Waals surface area contributed by atoms with E-state index in [1.807, 2.05) is 0 Å². The van der Waals surface area contributed by atoms with Gasteiger partial charge in [-0.1, -0.05) is 19.1 Å². The number of allylic oxidation sites excluding steroid dienone is 1. The molecule has 0 aromatic heterocycles. The van der Waals surface area contributed by atoms with E-state index in [0.717, 1.165) is 18.2 Å². The molecule has 22 heavy (non-hydrogen) atoms. The summed E-state index contributed by atoms with van der Waals surface area (Å²) in [7, 11) is 0. The molecule has 0 aliphatic rings. The third kappa shape index (κ3) is 6.51. The van der Waals surface area contributed by atoms with Crippen molar-refractivity contribution in [2.45, 2.75) is 26.1 Å². The van der Waals surface area contributed by atoms with Gasteiger partial charge in [0.2, 0.25) is 0 Å². The fourth-order valence-electron chi connectivity index (χ4n) is 1.35. The Balaban J connectivity index is 3.13. The Morgan fingerprint density at radius 2 is 1.59 bits per heavy atom. The van der Waals surface area contributed by atoms with Crippen molar-refractivity contribution in [3.05, 3.63) is 29.8 Å². The summed E-state index contributed by atoms with van der Waals surface area (Å²) in [6.45, 7) is 1.57. The Morgan fingerprint density at radius 1 is 1.05 bits per heavy atom. The van der Waals surface area contributed by atoms with Crippen LogP contribution in [0.15, 0.2) is 24.3 Å². The third-order valence-corrected chi connectivity index (χ3v) is 2.23. The van der Waals surface area contributed by atoms with Crippen LogP contribution in [0.4, 0.5) is 26.3 Å². The van der Waals surface area contributed by atoms with Gasteiger partial charge in [0.05, 0.1) is 0 Å². The molecule has 3 nitrogen and oxygen atoms in total. The molecule has 0 radical (unpaired) electrons. The lowest BCUT2D eigenvalue weighted by Gasteiger charge is -2.15. The average Bonchev–Trinajstić information content (AvgIpc) is 2.35. The number of carbonyl (C=O) groups excluding carboxylic acids is 1. The smallest absolute Gasteiger partial charge is 0.402 e. The summed E-state index contributed by atoms with van der Waals surface area (Å²) in [5, 5.41) is 0. The molecule has 0 fully saturated rings. The van der Waals surface area contributed by atoms with Crippen LogP contribution in [-0.4, -0.2) is 18.5 Å². The largest absolute Gasteiger partial charge is 0.573 e. The molecule has 0 spiro atoms. The van der Waals surface area contributed by atoms with E-state index in [0.29, 0.717) is 12.1 Å². The van der Waals surface area contributed by atoms with Gasteiger partial charge >= 0.3 is 12.7 Å².